The van der Waals surface area contributed by atoms with Crippen LogP contribution < -0.4 is 10.6 Å². The monoisotopic (exact) mass is 282 g/mol. The molecule has 2 unspecified atom stereocenters. The summed E-state index contributed by atoms with van der Waals surface area (Å²) in [5, 5.41) is 6.30. The summed E-state index contributed by atoms with van der Waals surface area (Å²) in [6.07, 6.45) is 3.12. The molecule has 0 saturated carbocycles. The molecule has 2 rings (SSSR count). The second-order valence-electron chi connectivity index (χ2n) is 4.91. The van der Waals surface area contributed by atoms with E-state index >= 15 is 0 Å². The SMILES string of the molecule is CCC(CNC(=O)C1CCCN1)c1ccccc1.Cl. The number of benzene rings is 1. The van der Waals surface area contributed by atoms with Crippen LogP contribution >= 0.6 is 12.4 Å². The van der Waals surface area contributed by atoms with Crippen molar-refractivity contribution in [1.82, 2.24) is 10.6 Å². The van der Waals surface area contributed by atoms with E-state index in [1.165, 1.54) is 5.56 Å². The molecule has 3 nitrogen and oxygen atoms in total. The van der Waals surface area contributed by atoms with Gasteiger partial charge in [0.1, 0.15) is 0 Å². The highest BCUT2D eigenvalue weighted by molar-refractivity contribution is 5.85. The van der Waals surface area contributed by atoms with Gasteiger partial charge in [0.2, 0.25) is 5.91 Å². The summed E-state index contributed by atoms with van der Waals surface area (Å²) in [5.74, 6) is 0.568. The minimum atomic E-state index is 0. The molecular formula is C15H23ClN2O. The molecule has 0 aromatic heterocycles. The number of carbonyl (C=O) groups is 1. The predicted molar refractivity (Wildman–Crippen MR) is 80.8 cm³/mol. The fourth-order valence-corrected chi connectivity index (χ4v) is 2.48. The highest BCUT2D eigenvalue weighted by Crippen LogP contribution is 2.18. The fraction of sp³-hybridized carbons (Fsp3) is 0.533. The summed E-state index contributed by atoms with van der Waals surface area (Å²) in [5.41, 5.74) is 1.31. The molecule has 1 amide bonds. The zero-order chi connectivity index (χ0) is 12.8. The fourth-order valence-electron chi connectivity index (χ4n) is 2.48. The second-order valence-corrected chi connectivity index (χ2v) is 4.91. The van der Waals surface area contributed by atoms with Crippen molar-refractivity contribution in [3.05, 3.63) is 35.9 Å². The molecule has 2 atom stereocenters. The summed E-state index contributed by atoms with van der Waals surface area (Å²) in [6, 6.07) is 10.4. The van der Waals surface area contributed by atoms with Gasteiger partial charge in [-0.05, 0) is 31.4 Å². The Morgan fingerprint density at radius 2 is 2.16 bits per heavy atom. The van der Waals surface area contributed by atoms with Gasteiger partial charge in [0.25, 0.3) is 0 Å². The average Bonchev–Trinajstić information content (AvgIpc) is 2.94. The average molecular weight is 283 g/mol. The van der Waals surface area contributed by atoms with Crippen molar-refractivity contribution in [1.29, 1.82) is 0 Å². The van der Waals surface area contributed by atoms with Gasteiger partial charge in [0.05, 0.1) is 6.04 Å². The standard InChI is InChI=1S/C15H22N2O.ClH/c1-2-12(13-7-4-3-5-8-13)11-17-15(18)14-9-6-10-16-14;/h3-5,7-8,12,14,16H,2,6,9-11H2,1H3,(H,17,18);1H. The van der Waals surface area contributed by atoms with Gasteiger partial charge in [0.15, 0.2) is 0 Å². The van der Waals surface area contributed by atoms with Gasteiger partial charge in [-0.1, -0.05) is 37.3 Å². The highest BCUT2D eigenvalue weighted by Gasteiger charge is 2.22. The Labute approximate surface area is 121 Å². The molecule has 4 heteroatoms. The van der Waals surface area contributed by atoms with Crippen molar-refractivity contribution >= 4 is 18.3 Å². The number of halogens is 1. The first-order valence-electron chi connectivity index (χ1n) is 6.87. The Balaban J connectivity index is 0.00000180. The molecule has 0 aliphatic carbocycles. The van der Waals surface area contributed by atoms with E-state index in [9.17, 15) is 4.79 Å². The normalized spacial score (nSPS) is 19.5. The Kier molecular flexibility index (Phi) is 6.89. The molecule has 106 valence electrons. The van der Waals surface area contributed by atoms with Gasteiger partial charge in [-0.2, -0.15) is 0 Å². The van der Waals surface area contributed by atoms with Crippen LogP contribution in [0.2, 0.25) is 0 Å². The van der Waals surface area contributed by atoms with E-state index in [4.69, 9.17) is 0 Å². The summed E-state index contributed by atoms with van der Waals surface area (Å²) in [6.45, 7) is 3.86. The van der Waals surface area contributed by atoms with Crippen LogP contribution in [0.3, 0.4) is 0 Å². The quantitative estimate of drug-likeness (QED) is 0.871. The van der Waals surface area contributed by atoms with Crippen LogP contribution in [0.1, 0.15) is 37.7 Å². The number of rotatable bonds is 5. The zero-order valence-electron chi connectivity index (χ0n) is 11.4. The Morgan fingerprint density at radius 3 is 2.74 bits per heavy atom. The molecule has 0 spiro atoms. The van der Waals surface area contributed by atoms with Crippen LogP contribution in [0.4, 0.5) is 0 Å². The topological polar surface area (TPSA) is 41.1 Å². The van der Waals surface area contributed by atoms with Gasteiger partial charge in [0, 0.05) is 12.5 Å². The number of carbonyl (C=O) groups excluding carboxylic acids is 1. The first kappa shape index (κ1) is 16.0. The maximum atomic E-state index is 11.9. The first-order chi connectivity index (χ1) is 8.81. The van der Waals surface area contributed by atoms with Crippen LogP contribution in [0, 0.1) is 0 Å². The molecule has 1 aromatic rings. The van der Waals surface area contributed by atoms with Crippen LogP contribution in [-0.4, -0.2) is 25.0 Å². The molecule has 1 aliphatic heterocycles. The van der Waals surface area contributed by atoms with E-state index in [0.29, 0.717) is 5.92 Å². The van der Waals surface area contributed by atoms with E-state index < -0.39 is 0 Å². The van der Waals surface area contributed by atoms with E-state index in [-0.39, 0.29) is 24.4 Å². The lowest BCUT2D eigenvalue weighted by molar-refractivity contribution is -0.122. The first-order valence-corrected chi connectivity index (χ1v) is 6.87. The van der Waals surface area contributed by atoms with Gasteiger partial charge in [-0.25, -0.2) is 0 Å². The second kappa shape index (κ2) is 8.18. The maximum absolute atomic E-state index is 11.9. The zero-order valence-corrected chi connectivity index (χ0v) is 12.2. The van der Waals surface area contributed by atoms with Gasteiger partial charge >= 0.3 is 0 Å². The van der Waals surface area contributed by atoms with E-state index in [1.54, 1.807) is 0 Å². The number of hydrogen-bond acceptors (Lipinski definition) is 2. The Hall–Kier alpha value is -1.06. The maximum Gasteiger partial charge on any atom is 0.237 e. The van der Waals surface area contributed by atoms with Gasteiger partial charge < -0.3 is 10.6 Å². The third-order valence-corrected chi connectivity index (χ3v) is 3.66. The lowest BCUT2D eigenvalue weighted by Gasteiger charge is -2.18. The molecule has 0 radical (unpaired) electrons. The third kappa shape index (κ3) is 4.51. The molecule has 1 saturated heterocycles. The van der Waals surface area contributed by atoms with Crippen molar-refractivity contribution in [3.8, 4) is 0 Å². The molecule has 1 aromatic carbocycles. The Morgan fingerprint density at radius 1 is 1.42 bits per heavy atom. The minimum Gasteiger partial charge on any atom is -0.354 e. The smallest absolute Gasteiger partial charge is 0.237 e. The van der Waals surface area contributed by atoms with Crippen molar-refractivity contribution < 1.29 is 4.79 Å². The molecule has 1 heterocycles. The summed E-state index contributed by atoms with van der Waals surface area (Å²) in [7, 11) is 0. The molecule has 19 heavy (non-hydrogen) atoms. The predicted octanol–water partition coefficient (Wildman–Crippen LogP) is 2.47. The van der Waals surface area contributed by atoms with E-state index in [1.807, 2.05) is 6.07 Å². The summed E-state index contributed by atoms with van der Waals surface area (Å²) < 4.78 is 0. The highest BCUT2D eigenvalue weighted by atomic mass is 35.5. The van der Waals surface area contributed by atoms with Crippen molar-refractivity contribution in [2.24, 2.45) is 0 Å². The number of nitrogens with one attached hydrogen (secondary N) is 2. The molecule has 1 fully saturated rings. The molecule has 1 aliphatic rings. The minimum absolute atomic E-state index is 0. The Bertz CT molecular complexity index is 377. The summed E-state index contributed by atoms with van der Waals surface area (Å²) in [4.78, 5) is 11.9. The van der Waals surface area contributed by atoms with Crippen LogP contribution in [0.15, 0.2) is 30.3 Å². The number of amides is 1. The third-order valence-electron chi connectivity index (χ3n) is 3.66. The lowest BCUT2D eigenvalue weighted by atomic mass is 9.96. The largest absolute Gasteiger partial charge is 0.354 e. The lowest BCUT2D eigenvalue weighted by Crippen LogP contribution is -2.41. The molecule has 0 bridgehead atoms. The van der Waals surface area contributed by atoms with Crippen molar-refractivity contribution in [2.45, 2.75) is 38.1 Å². The van der Waals surface area contributed by atoms with Crippen LogP contribution in [-0.2, 0) is 4.79 Å². The van der Waals surface area contributed by atoms with Crippen LogP contribution in [0.25, 0.3) is 0 Å². The molecular weight excluding hydrogens is 260 g/mol. The van der Waals surface area contributed by atoms with Gasteiger partial charge in [-0.15, -0.1) is 12.4 Å². The van der Waals surface area contributed by atoms with Crippen LogP contribution in [0.5, 0.6) is 0 Å². The van der Waals surface area contributed by atoms with Crippen molar-refractivity contribution in [3.63, 3.8) is 0 Å². The van der Waals surface area contributed by atoms with Gasteiger partial charge in [-0.3, -0.25) is 4.79 Å². The molecule has 2 N–H and O–H groups in total. The van der Waals surface area contributed by atoms with E-state index in [2.05, 4.69) is 41.8 Å². The van der Waals surface area contributed by atoms with Crippen molar-refractivity contribution in [2.75, 3.05) is 13.1 Å². The summed E-state index contributed by atoms with van der Waals surface area (Å²) >= 11 is 0. The van der Waals surface area contributed by atoms with E-state index in [0.717, 1.165) is 32.4 Å². The number of hydrogen-bond donors (Lipinski definition) is 2.